The Hall–Kier alpha value is -9.98. The van der Waals surface area contributed by atoms with Gasteiger partial charge in [0.1, 0.15) is 16.7 Å². The Bertz CT molecular complexity index is 3730. The van der Waals surface area contributed by atoms with E-state index >= 15 is 0 Å². The Balaban J connectivity index is 0.000000154. The molecule has 0 spiro atoms. The van der Waals surface area contributed by atoms with Crippen LogP contribution in [0.5, 0.6) is 0 Å². The monoisotopic (exact) mass is 1280 g/mol. The van der Waals surface area contributed by atoms with E-state index in [1.807, 2.05) is 60.7 Å². The molecule has 7 fully saturated rings. The lowest BCUT2D eigenvalue weighted by molar-refractivity contribution is -0.132. The highest BCUT2D eigenvalue weighted by molar-refractivity contribution is 6.04. The highest BCUT2D eigenvalue weighted by atomic mass is 16.6. The number of piperidine rings is 3. The number of nitrogens with two attached hydrogens (primary N) is 3. The number of nitrogens with one attached hydrogen (secondary N) is 3. The number of likely N-dealkylation sites (tertiary alicyclic amines) is 3. The van der Waals surface area contributed by atoms with E-state index in [2.05, 4.69) is 54.4 Å². The Morgan fingerprint density at radius 2 is 0.894 bits per heavy atom. The SMILES string of the molecule is N#CCC1(n2cc(C(N)=O)c(NC(=O)C3CC3)n2)CCN(C(=O)Cc2ccccc2)CC1.N#CCC1(n2cc(C(N)=O)c(NC(=O)C3CC3)n2)CCN(C(=O)OCC2CC2)CC1.N#CCC1(n2cc(C(N)=O)c(NC(=O)C3CC3)n2)CCN(C(CO)c2ccccc2)CC1. The van der Waals surface area contributed by atoms with Crippen LogP contribution in [0.2, 0.25) is 0 Å². The fourth-order valence-corrected chi connectivity index (χ4v) is 12.3. The molecule has 10 N–H and O–H groups in total. The smallest absolute Gasteiger partial charge is 0.409 e. The summed E-state index contributed by atoms with van der Waals surface area (Å²) in [5.41, 5.74) is 17.0. The average molecular weight is 1290 g/mol. The summed E-state index contributed by atoms with van der Waals surface area (Å²) in [5.74, 6) is -1.73. The summed E-state index contributed by atoms with van der Waals surface area (Å²) in [5, 5.41) is 60.0. The molecule has 1 atom stereocenters. The first kappa shape index (κ1) is 66.9. The average Bonchev–Trinajstić information content (AvgIpc) is 1.59. The van der Waals surface area contributed by atoms with Crippen molar-refractivity contribution in [1.29, 1.82) is 15.8 Å². The fraction of sp³-hybridized carbons (Fsp3) is 0.515. The van der Waals surface area contributed by atoms with E-state index in [-0.39, 0.29) is 114 Å². The second-order valence-electron chi connectivity index (χ2n) is 25.8. The molecule has 28 nitrogen and oxygen atoms in total. The largest absolute Gasteiger partial charge is 0.449 e. The van der Waals surface area contributed by atoms with Gasteiger partial charge < -0.3 is 52.8 Å². The Kier molecular flexibility index (Phi) is 20.9. The van der Waals surface area contributed by atoms with E-state index in [9.17, 15) is 59.2 Å². The lowest BCUT2D eigenvalue weighted by Crippen LogP contribution is -2.48. The molecular weight excluding hydrogens is 1200 g/mol. The van der Waals surface area contributed by atoms with Gasteiger partial charge in [0.25, 0.3) is 17.7 Å². The van der Waals surface area contributed by atoms with Crippen LogP contribution < -0.4 is 33.2 Å². The fourth-order valence-electron chi connectivity index (χ4n) is 12.3. The van der Waals surface area contributed by atoms with Gasteiger partial charge in [-0.05, 0) is 107 Å². The number of carbonyl (C=O) groups excluding carboxylic acids is 8. The third kappa shape index (κ3) is 16.1. The minimum atomic E-state index is -0.694. The van der Waals surface area contributed by atoms with Gasteiger partial charge >= 0.3 is 6.09 Å². The number of anilines is 3. The van der Waals surface area contributed by atoms with Gasteiger partial charge in [-0.3, -0.25) is 52.5 Å². The van der Waals surface area contributed by atoms with Gasteiger partial charge in [0.2, 0.25) is 23.6 Å². The molecule has 3 aliphatic heterocycles. The molecule has 1 unspecified atom stereocenters. The minimum absolute atomic E-state index is 0.000201. The lowest BCUT2D eigenvalue weighted by atomic mass is 9.84. The summed E-state index contributed by atoms with van der Waals surface area (Å²) < 4.78 is 10.2. The van der Waals surface area contributed by atoms with E-state index < -0.39 is 34.3 Å². The second-order valence-corrected chi connectivity index (χ2v) is 25.8. The number of nitrogens with zero attached hydrogens (tertiary/aromatic N) is 12. The zero-order valence-corrected chi connectivity index (χ0v) is 52.5. The molecule has 12 rings (SSSR count). The van der Waals surface area contributed by atoms with E-state index in [1.165, 1.54) is 12.4 Å². The van der Waals surface area contributed by atoms with Crippen LogP contribution >= 0.6 is 0 Å². The van der Waals surface area contributed by atoms with Gasteiger partial charge in [-0.15, -0.1) is 0 Å². The molecule has 94 heavy (non-hydrogen) atoms. The zero-order chi connectivity index (χ0) is 66.7. The first-order chi connectivity index (χ1) is 45.3. The van der Waals surface area contributed by atoms with Crippen molar-refractivity contribution in [2.24, 2.45) is 40.9 Å². The van der Waals surface area contributed by atoms with Crippen LogP contribution in [0.25, 0.3) is 0 Å². The van der Waals surface area contributed by atoms with Crippen LogP contribution in [-0.2, 0) is 47.0 Å². The molecule has 3 saturated heterocycles. The van der Waals surface area contributed by atoms with Crippen molar-refractivity contribution in [1.82, 2.24) is 44.0 Å². The molecule has 2 aromatic carbocycles. The summed E-state index contributed by atoms with van der Waals surface area (Å²) in [6, 6.07) is 26.0. The van der Waals surface area contributed by atoms with Crippen molar-refractivity contribution < 1.29 is 48.2 Å². The van der Waals surface area contributed by atoms with E-state index in [0.29, 0.717) is 96.7 Å². The van der Waals surface area contributed by atoms with Gasteiger partial charge in [0, 0.05) is 75.6 Å². The number of amides is 8. The standard InChI is InChI=1S/C23H28N6O3.C23H26N6O3.C20H26N6O4/c24-11-8-23(9-12-28(13-10-23)19(15-30)16-4-2-1-3-5-16)29-14-18(20(25)31)21(27-29)26-22(32)17-6-7-17;24-11-8-23(9-12-28(13-10-23)19(30)14-16-4-2-1-3-5-16)29-15-18(20(25)31)21(27-29)26-22(32)17-6-7-17;21-8-5-20(6-9-25(10-7-20)19(29)30-12-13-1-2-13)26-11-15(16(22)27)17(24-26)23-18(28)14-3-4-14/h1-5,14,17,19,30H,6-10,12-13,15H2,(H2,25,31)(H,26,27,32);1-5,15,17H,6-10,12-14H2,(H2,25,31)(H,26,27,32);11,13-14H,1-7,9-10,12H2,(H2,22,27)(H,23,24,28). The first-order valence-corrected chi connectivity index (χ1v) is 32.2. The van der Waals surface area contributed by atoms with Crippen LogP contribution in [0, 0.1) is 57.7 Å². The van der Waals surface area contributed by atoms with Gasteiger partial charge in [-0.1, -0.05) is 60.7 Å². The molecule has 3 aromatic heterocycles. The highest BCUT2D eigenvalue weighted by Gasteiger charge is 2.44. The number of nitriles is 3. The molecule has 5 aromatic rings. The Morgan fingerprint density at radius 3 is 1.23 bits per heavy atom. The quantitative estimate of drug-likeness (QED) is 0.0471. The third-order valence-electron chi connectivity index (χ3n) is 19.1. The van der Waals surface area contributed by atoms with Crippen molar-refractivity contribution in [3.05, 3.63) is 107 Å². The zero-order valence-electron chi connectivity index (χ0n) is 52.5. The maximum Gasteiger partial charge on any atom is 0.409 e. The minimum Gasteiger partial charge on any atom is -0.449 e. The van der Waals surface area contributed by atoms with E-state index in [0.717, 1.165) is 62.5 Å². The molecule has 0 bridgehead atoms. The summed E-state index contributed by atoms with van der Waals surface area (Å²) in [7, 11) is 0. The number of benzene rings is 2. The number of ether oxygens (including phenoxy) is 1. The Morgan fingerprint density at radius 1 is 0.532 bits per heavy atom. The molecule has 8 amide bonds. The molecular formula is C66H80N18O10. The number of carbonyl (C=O) groups is 8. The van der Waals surface area contributed by atoms with Crippen molar-refractivity contribution >= 4 is 64.9 Å². The normalized spacial score (nSPS) is 18.9. The van der Waals surface area contributed by atoms with Crippen molar-refractivity contribution in [2.75, 3.05) is 68.4 Å². The molecule has 6 heterocycles. The van der Waals surface area contributed by atoms with Crippen molar-refractivity contribution in [3.8, 4) is 18.2 Å². The predicted octanol–water partition coefficient (Wildman–Crippen LogP) is 5.16. The van der Waals surface area contributed by atoms with Gasteiger partial charge in [0.15, 0.2) is 17.5 Å². The predicted molar refractivity (Wildman–Crippen MR) is 339 cm³/mol. The summed E-state index contributed by atoms with van der Waals surface area (Å²) >= 11 is 0. The molecule has 4 aliphatic carbocycles. The van der Waals surface area contributed by atoms with Crippen molar-refractivity contribution in [3.63, 3.8) is 0 Å². The lowest BCUT2D eigenvalue weighted by Gasteiger charge is -2.43. The maximum absolute atomic E-state index is 12.7. The molecule has 7 aliphatic rings. The molecule has 0 radical (unpaired) electrons. The van der Waals surface area contributed by atoms with Crippen LogP contribution in [-0.4, -0.2) is 149 Å². The second kappa shape index (κ2) is 29.3. The molecule has 28 heteroatoms. The van der Waals surface area contributed by atoms with Crippen LogP contribution in [0.1, 0.15) is 157 Å². The van der Waals surface area contributed by atoms with E-state index in [1.54, 1.807) is 30.0 Å². The summed E-state index contributed by atoms with van der Waals surface area (Å²) in [6.07, 6.45) is 15.5. The van der Waals surface area contributed by atoms with Gasteiger partial charge in [-0.25, -0.2) is 4.79 Å². The van der Waals surface area contributed by atoms with Crippen LogP contribution in [0.15, 0.2) is 79.3 Å². The van der Waals surface area contributed by atoms with Crippen LogP contribution in [0.3, 0.4) is 0 Å². The summed E-state index contributed by atoms with van der Waals surface area (Å²) in [6.45, 7) is 3.55. The number of rotatable bonds is 22. The first-order valence-electron chi connectivity index (χ1n) is 32.2. The number of aromatic nitrogens is 6. The molecule has 4 saturated carbocycles. The topological polar surface area (TPSA) is 415 Å². The number of hydrogen-bond donors (Lipinski definition) is 7. The number of aliphatic hydroxyl groups is 1. The van der Waals surface area contributed by atoms with Crippen molar-refractivity contribution in [2.45, 2.75) is 138 Å². The maximum atomic E-state index is 12.7. The summed E-state index contributed by atoms with van der Waals surface area (Å²) in [4.78, 5) is 103. The van der Waals surface area contributed by atoms with Crippen LogP contribution in [0.4, 0.5) is 22.2 Å². The number of primary amides is 3. The third-order valence-corrected chi connectivity index (χ3v) is 19.1. The Labute approximate surface area is 543 Å². The number of hydrogen-bond acceptors (Lipinski definition) is 17. The van der Waals surface area contributed by atoms with Gasteiger partial charge in [-0.2, -0.15) is 31.1 Å². The van der Waals surface area contributed by atoms with E-state index in [4.69, 9.17) is 21.9 Å². The highest BCUT2D eigenvalue weighted by Crippen LogP contribution is 2.41. The molecule has 494 valence electrons. The number of aliphatic hydroxyl groups excluding tert-OH is 1. The van der Waals surface area contributed by atoms with Gasteiger partial charge in [0.05, 0.1) is 79.8 Å².